The number of ether oxygens (including phenoxy) is 3. The molecule has 1 heterocycles. The second-order valence-electron chi connectivity index (χ2n) is 13.7. The zero-order valence-electron chi connectivity index (χ0n) is 32.1. The number of alkyl carbamates (subject to hydrolysis) is 1. The number of rotatable bonds is 20. The SMILES string of the molecule is CCOC(OCC)[C@H](C)N(Cc1cccc2cccnc12)C(=O)[C@H](CCCCNC(=O)OC(C)(C)C)NC(=O)CN(C)NC(=O)NCc1ccccc1. The molecule has 290 valence electrons. The van der Waals surface area contributed by atoms with Gasteiger partial charge >= 0.3 is 12.1 Å². The van der Waals surface area contributed by atoms with E-state index >= 15 is 0 Å². The highest BCUT2D eigenvalue weighted by Gasteiger charge is 2.34. The molecule has 53 heavy (non-hydrogen) atoms. The molecule has 0 spiro atoms. The molecule has 0 aliphatic carbocycles. The average molecular weight is 736 g/mol. The second-order valence-corrected chi connectivity index (χ2v) is 13.7. The molecule has 0 aliphatic rings. The van der Waals surface area contributed by atoms with E-state index in [1.807, 2.05) is 81.4 Å². The van der Waals surface area contributed by atoms with E-state index in [-0.39, 0.29) is 25.4 Å². The summed E-state index contributed by atoms with van der Waals surface area (Å²) in [7, 11) is 1.57. The van der Waals surface area contributed by atoms with Gasteiger partial charge in [-0.15, -0.1) is 0 Å². The Morgan fingerprint density at radius 2 is 1.58 bits per heavy atom. The van der Waals surface area contributed by atoms with Crippen molar-refractivity contribution in [3.05, 3.63) is 78.0 Å². The number of aromatic nitrogens is 1. The van der Waals surface area contributed by atoms with Crippen molar-refractivity contribution in [1.29, 1.82) is 0 Å². The molecule has 2 atom stereocenters. The molecule has 1 aromatic heterocycles. The van der Waals surface area contributed by atoms with E-state index in [4.69, 9.17) is 14.2 Å². The van der Waals surface area contributed by atoms with E-state index < -0.39 is 42.0 Å². The first-order valence-corrected chi connectivity index (χ1v) is 18.2. The summed E-state index contributed by atoms with van der Waals surface area (Å²) in [6.45, 7) is 12.3. The minimum atomic E-state index is -0.946. The van der Waals surface area contributed by atoms with Crippen molar-refractivity contribution < 1.29 is 33.4 Å². The third-order valence-corrected chi connectivity index (χ3v) is 8.08. The molecule has 0 unspecified atom stereocenters. The molecule has 3 aromatic rings. The Balaban J connectivity index is 1.80. The maximum atomic E-state index is 14.7. The summed E-state index contributed by atoms with van der Waals surface area (Å²) in [5.74, 6) is -0.800. The van der Waals surface area contributed by atoms with Gasteiger partial charge < -0.3 is 35.1 Å². The molecule has 5 amide bonds. The molecule has 14 heteroatoms. The number of carbonyl (C=O) groups is 4. The van der Waals surface area contributed by atoms with Gasteiger partial charge in [0.2, 0.25) is 11.8 Å². The predicted octanol–water partition coefficient (Wildman–Crippen LogP) is 4.88. The number of nitrogens with zero attached hydrogens (tertiary/aromatic N) is 3. The fourth-order valence-corrected chi connectivity index (χ4v) is 5.62. The van der Waals surface area contributed by atoms with Crippen molar-refractivity contribution in [2.75, 3.05) is 33.4 Å². The lowest BCUT2D eigenvalue weighted by molar-refractivity contribution is -0.179. The predicted molar refractivity (Wildman–Crippen MR) is 203 cm³/mol. The van der Waals surface area contributed by atoms with Gasteiger partial charge in [-0.05, 0) is 78.0 Å². The van der Waals surface area contributed by atoms with Gasteiger partial charge in [0.05, 0.1) is 18.1 Å². The van der Waals surface area contributed by atoms with Gasteiger partial charge in [-0.1, -0.05) is 54.6 Å². The number of benzene rings is 2. The first-order chi connectivity index (χ1) is 25.3. The second kappa shape index (κ2) is 21.7. The van der Waals surface area contributed by atoms with Crippen LogP contribution in [0.3, 0.4) is 0 Å². The van der Waals surface area contributed by atoms with Crippen LogP contribution in [0.25, 0.3) is 10.9 Å². The highest BCUT2D eigenvalue weighted by molar-refractivity contribution is 5.89. The number of urea groups is 1. The first kappa shape index (κ1) is 42.6. The minimum Gasteiger partial charge on any atom is -0.444 e. The van der Waals surface area contributed by atoms with E-state index in [0.29, 0.717) is 39.1 Å². The fraction of sp³-hybridized carbons (Fsp3) is 0.513. The number of pyridine rings is 1. The Hall–Kier alpha value is -4.79. The molecule has 14 nitrogen and oxygen atoms in total. The number of amides is 5. The van der Waals surface area contributed by atoms with Crippen molar-refractivity contribution in [2.24, 2.45) is 0 Å². The van der Waals surface area contributed by atoms with Gasteiger partial charge in [0.25, 0.3) is 0 Å². The van der Waals surface area contributed by atoms with E-state index in [0.717, 1.165) is 22.0 Å². The lowest BCUT2D eigenvalue weighted by Crippen LogP contribution is -2.56. The summed E-state index contributed by atoms with van der Waals surface area (Å²) in [6.07, 6.45) is 1.77. The Labute approximate surface area is 313 Å². The first-order valence-electron chi connectivity index (χ1n) is 18.2. The Morgan fingerprint density at radius 1 is 0.887 bits per heavy atom. The number of hydrogen-bond donors (Lipinski definition) is 4. The number of para-hydroxylation sites is 1. The van der Waals surface area contributed by atoms with Crippen LogP contribution in [0.1, 0.15) is 71.9 Å². The topological polar surface area (TPSA) is 163 Å². The number of hydrogen-bond acceptors (Lipinski definition) is 9. The van der Waals surface area contributed by atoms with Crippen LogP contribution in [0.4, 0.5) is 9.59 Å². The summed E-state index contributed by atoms with van der Waals surface area (Å²) in [6, 6.07) is 17.1. The van der Waals surface area contributed by atoms with Crippen molar-refractivity contribution in [2.45, 2.75) is 97.9 Å². The zero-order chi connectivity index (χ0) is 38.8. The van der Waals surface area contributed by atoms with E-state index in [9.17, 15) is 19.2 Å². The van der Waals surface area contributed by atoms with Gasteiger partial charge in [-0.2, -0.15) is 0 Å². The Bertz CT molecular complexity index is 1590. The molecule has 0 saturated carbocycles. The Morgan fingerprint density at radius 3 is 2.26 bits per heavy atom. The van der Waals surface area contributed by atoms with Gasteiger partial charge in [0.15, 0.2) is 6.29 Å². The summed E-state index contributed by atoms with van der Waals surface area (Å²) < 4.78 is 17.2. The minimum absolute atomic E-state index is 0.181. The maximum Gasteiger partial charge on any atom is 0.407 e. The molecule has 3 rings (SSSR count). The molecule has 2 aromatic carbocycles. The average Bonchev–Trinajstić information content (AvgIpc) is 3.11. The molecule has 0 bridgehead atoms. The van der Waals surface area contributed by atoms with Gasteiger partial charge in [0.1, 0.15) is 11.6 Å². The standard InChI is InChI=1S/C39H57N7O7/c1-8-51-36(52-9-2)28(3)46(26-31-20-15-19-30-21-16-24-40-34(30)31)35(48)32(22-13-14-23-41-38(50)53-39(4,5)6)43-33(47)27-45(7)44-37(49)42-25-29-17-11-10-12-18-29/h10-12,15-21,24,28,32,36H,8-9,13-14,22-23,25-27H2,1-7H3,(H,41,50)(H,43,47)(H2,42,44,49)/t28-,32-/m0/s1. The van der Waals surface area contributed by atoms with Crippen molar-refractivity contribution >= 4 is 34.8 Å². The lowest BCUT2D eigenvalue weighted by Gasteiger charge is -2.37. The van der Waals surface area contributed by atoms with Crippen molar-refractivity contribution in [3.63, 3.8) is 0 Å². The normalized spacial score (nSPS) is 12.6. The summed E-state index contributed by atoms with van der Waals surface area (Å²) in [5.41, 5.74) is 4.53. The smallest absolute Gasteiger partial charge is 0.407 e. The molecule has 0 fully saturated rings. The quantitative estimate of drug-likeness (QED) is 0.0720. The van der Waals surface area contributed by atoms with E-state index in [2.05, 4.69) is 26.4 Å². The van der Waals surface area contributed by atoms with Crippen LogP contribution in [-0.2, 0) is 36.9 Å². The van der Waals surface area contributed by atoms with E-state index in [1.165, 1.54) is 5.01 Å². The van der Waals surface area contributed by atoms with Crippen LogP contribution in [0, 0.1) is 0 Å². The fourth-order valence-electron chi connectivity index (χ4n) is 5.62. The van der Waals surface area contributed by atoms with Gasteiger partial charge in [-0.3, -0.25) is 20.0 Å². The van der Waals surface area contributed by atoms with Crippen molar-refractivity contribution in [3.8, 4) is 0 Å². The molecule has 0 aliphatic heterocycles. The monoisotopic (exact) mass is 735 g/mol. The number of hydrazine groups is 1. The highest BCUT2D eigenvalue weighted by atomic mass is 16.7. The van der Waals surface area contributed by atoms with Crippen LogP contribution < -0.4 is 21.4 Å². The largest absolute Gasteiger partial charge is 0.444 e. The summed E-state index contributed by atoms with van der Waals surface area (Å²) in [4.78, 5) is 59.2. The third kappa shape index (κ3) is 15.0. The van der Waals surface area contributed by atoms with Crippen molar-refractivity contribution in [1.82, 2.24) is 36.3 Å². The van der Waals surface area contributed by atoms with Crippen LogP contribution >= 0.6 is 0 Å². The number of carbonyl (C=O) groups excluding carboxylic acids is 4. The van der Waals surface area contributed by atoms with Crippen LogP contribution in [0.2, 0.25) is 0 Å². The molecular formula is C39H57N7O7. The molecule has 0 radical (unpaired) electrons. The molecular weight excluding hydrogens is 678 g/mol. The molecule has 0 saturated heterocycles. The lowest BCUT2D eigenvalue weighted by atomic mass is 10.0. The number of fused-ring (bicyclic) bond motifs is 1. The van der Waals surface area contributed by atoms with Crippen LogP contribution in [-0.4, -0.2) is 96.2 Å². The maximum absolute atomic E-state index is 14.7. The summed E-state index contributed by atoms with van der Waals surface area (Å²) >= 11 is 0. The number of likely N-dealkylation sites (N-methyl/N-ethyl adjacent to an activating group) is 1. The van der Waals surface area contributed by atoms with Crippen LogP contribution in [0.15, 0.2) is 66.9 Å². The van der Waals surface area contributed by atoms with E-state index in [1.54, 1.807) is 38.9 Å². The highest BCUT2D eigenvalue weighted by Crippen LogP contribution is 2.22. The molecule has 4 N–H and O–H groups in total. The zero-order valence-corrected chi connectivity index (χ0v) is 32.1. The Kier molecular flexibility index (Phi) is 17.4. The van der Waals surface area contributed by atoms with Gasteiger partial charge in [0, 0.05) is 51.5 Å². The third-order valence-electron chi connectivity index (χ3n) is 8.08. The van der Waals surface area contributed by atoms with Gasteiger partial charge in [-0.25, -0.2) is 14.6 Å². The summed E-state index contributed by atoms with van der Waals surface area (Å²) in [5, 5.41) is 10.7. The number of unbranched alkanes of at least 4 members (excludes halogenated alkanes) is 1. The number of nitrogens with one attached hydrogen (secondary N) is 4. The van der Waals surface area contributed by atoms with Crippen LogP contribution in [0.5, 0.6) is 0 Å².